The molecule has 0 amide bonds. The second-order valence-corrected chi connectivity index (χ2v) is 9.10. The molecule has 0 heterocycles. The van der Waals surface area contributed by atoms with Gasteiger partial charge in [0.15, 0.2) is 15.1 Å². The largest absolute Gasteiger partial charge is 0.480 e. The summed E-state index contributed by atoms with van der Waals surface area (Å²) >= 11 is 0. The van der Waals surface area contributed by atoms with Crippen LogP contribution in [0.25, 0.3) is 0 Å². The van der Waals surface area contributed by atoms with Crippen LogP contribution in [0.15, 0.2) is 29.2 Å². The molecule has 0 aromatic heterocycles. The van der Waals surface area contributed by atoms with Crippen LogP contribution >= 0.6 is 0 Å². The molecule has 0 radical (unpaired) electrons. The summed E-state index contributed by atoms with van der Waals surface area (Å²) in [6.07, 6.45) is 9.31. The van der Waals surface area contributed by atoms with Gasteiger partial charge < -0.3 is 5.11 Å². The van der Waals surface area contributed by atoms with Crippen LogP contribution < -0.4 is 0 Å². The monoisotopic (exact) mass is 352 g/mol. The summed E-state index contributed by atoms with van der Waals surface area (Å²) < 4.78 is 25.2. The maximum Gasteiger partial charge on any atom is 0.322 e. The van der Waals surface area contributed by atoms with Gasteiger partial charge in [-0.25, -0.2) is 8.42 Å². The fraction of sp³-hybridized carbons (Fsp3) is 0.632. The normalized spacial score (nSPS) is 17.5. The Balaban J connectivity index is 1.93. The molecule has 1 aromatic rings. The summed E-state index contributed by atoms with van der Waals surface area (Å²) in [5.41, 5.74) is 0.952. The number of sulfone groups is 1. The van der Waals surface area contributed by atoms with Gasteiger partial charge in [-0.15, -0.1) is 0 Å². The standard InChI is InChI=1S/C19H28O4S/c1-15-11-13-17(14-12-15)24(22,23)18(19(20)21)10-6-5-9-16-7-3-2-4-8-16/h11-14,16,18H,2-10H2,1H3,(H,20,21). The molecule has 5 heteroatoms. The zero-order chi connectivity index (χ0) is 17.6. The Hall–Kier alpha value is -1.36. The highest BCUT2D eigenvalue weighted by molar-refractivity contribution is 7.92. The molecule has 2 rings (SSSR count). The van der Waals surface area contributed by atoms with Gasteiger partial charge in [0, 0.05) is 0 Å². The van der Waals surface area contributed by atoms with Crippen molar-refractivity contribution < 1.29 is 18.3 Å². The SMILES string of the molecule is Cc1ccc(S(=O)(=O)C(CCCCC2CCCCC2)C(=O)O)cc1. The van der Waals surface area contributed by atoms with Gasteiger partial charge in [0.05, 0.1) is 4.90 Å². The van der Waals surface area contributed by atoms with Gasteiger partial charge in [0.25, 0.3) is 0 Å². The minimum atomic E-state index is -3.82. The van der Waals surface area contributed by atoms with Gasteiger partial charge in [0.1, 0.15) is 0 Å². The fourth-order valence-corrected chi connectivity index (χ4v) is 5.13. The Morgan fingerprint density at radius 1 is 1.12 bits per heavy atom. The maximum atomic E-state index is 12.6. The van der Waals surface area contributed by atoms with Gasteiger partial charge >= 0.3 is 5.97 Å². The van der Waals surface area contributed by atoms with E-state index < -0.39 is 21.1 Å². The fourth-order valence-electron chi connectivity index (χ4n) is 3.54. The van der Waals surface area contributed by atoms with Crippen LogP contribution in [0, 0.1) is 12.8 Å². The number of hydrogen-bond acceptors (Lipinski definition) is 3. The molecule has 1 aliphatic carbocycles. The van der Waals surface area contributed by atoms with E-state index in [-0.39, 0.29) is 11.3 Å². The van der Waals surface area contributed by atoms with Crippen LogP contribution in [0.5, 0.6) is 0 Å². The Morgan fingerprint density at radius 2 is 1.75 bits per heavy atom. The lowest BCUT2D eigenvalue weighted by atomic mass is 9.85. The maximum absolute atomic E-state index is 12.6. The lowest BCUT2D eigenvalue weighted by Crippen LogP contribution is -2.30. The van der Waals surface area contributed by atoms with E-state index in [4.69, 9.17) is 0 Å². The molecule has 0 saturated heterocycles. The predicted octanol–water partition coefficient (Wildman–Crippen LogP) is 4.36. The molecule has 0 bridgehead atoms. The highest BCUT2D eigenvalue weighted by Crippen LogP contribution is 2.28. The average Bonchev–Trinajstić information content (AvgIpc) is 2.55. The third kappa shape index (κ3) is 5.07. The van der Waals surface area contributed by atoms with E-state index in [2.05, 4.69) is 0 Å². The smallest absolute Gasteiger partial charge is 0.322 e. The molecule has 1 N–H and O–H groups in total. The molecule has 4 nitrogen and oxygen atoms in total. The molecule has 1 atom stereocenters. The number of carboxylic acid groups (broad SMARTS) is 1. The Labute approximate surface area is 145 Å². The number of aryl methyl sites for hydroxylation is 1. The lowest BCUT2D eigenvalue weighted by molar-refractivity contribution is -0.136. The average molecular weight is 352 g/mol. The molecule has 1 aromatic carbocycles. The Morgan fingerprint density at radius 3 is 2.33 bits per heavy atom. The topological polar surface area (TPSA) is 71.4 Å². The minimum Gasteiger partial charge on any atom is -0.480 e. The van der Waals surface area contributed by atoms with Crippen molar-refractivity contribution in [1.29, 1.82) is 0 Å². The summed E-state index contributed by atoms with van der Waals surface area (Å²) in [6.45, 7) is 1.87. The molecule has 1 aliphatic rings. The molecular weight excluding hydrogens is 324 g/mol. The zero-order valence-electron chi connectivity index (χ0n) is 14.4. The van der Waals surface area contributed by atoms with Crippen molar-refractivity contribution in [1.82, 2.24) is 0 Å². The van der Waals surface area contributed by atoms with Crippen molar-refractivity contribution in [3.63, 3.8) is 0 Å². The van der Waals surface area contributed by atoms with Crippen molar-refractivity contribution in [2.75, 3.05) is 0 Å². The van der Waals surface area contributed by atoms with Crippen molar-refractivity contribution in [3.05, 3.63) is 29.8 Å². The molecule has 134 valence electrons. The first-order chi connectivity index (χ1) is 11.4. The Kier molecular flexibility index (Phi) is 6.84. The van der Waals surface area contributed by atoms with Crippen LogP contribution in [-0.4, -0.2) is 24.7 Å². The molecule has 0 spiro atoms. The summed E-state index contributed by atoms with van der Waals surface area (Å²) in [5.74, 6) is -0.496. The number of benzene rings is 1. The van der Waals surface area contributed by atoms with Gasteiger partial charge in [-0.05, 0) is 31.4 Å². The van der Waals surface area contributed by atoms with Crippen molar-refractivity contribution in [3.8, 4) is 0 Å². The van der Waals surface area contributed by atoms with Gasteiger partial charge in [-0.1, -0.05) is 69.1 Å². The van der Waals surface area contributed by atoms with Crippen LogP contribution in [0.1, 0.15) is 63.4 Å². The number of aliphatic carboxylic acids is 1. The highest BCUT2D eigenvalue weighted by Gasteiger charge is 2.33. The summed E-state index contributed by atoms with van der Waals surface area (Å²) in [4.78, 5) is 11.6. The summed E-state index contributed by atoms with van der Waals surface area (Å²) in [6, 6.07) is 6.41. The van der Waals surface area contributed by atoms with Crippen LogP contribution in [0.2, 0.25) is 0 Å². The van der Waals surface area contributed by atoms with E-state index >= 15 is 0 Å². The van der Waals surface area contributed by atoms with E-state index in [0.29, 0.717) is 6.42 Å². The zero-order valence-corrected chi connectivity index (χ0v) is 15.2. The van der Waals surface area contributed by atoms with Crippen molar-refractivity contribution in [2.45, 2.75) is 74.9 Å². The molecule has 1 saturated carbocycles. The van der Waals surface area contributed by atoms with E-state index in [1.54, 1.807) is 12.1 Å². The first kappa shape index (κ1) is 19.0. The second kappa shape index (κ2) is 8.65. The van der Waals surface area contributed by atoms with E-state index in [1.165, 1.54) is 44.2 Å². The van der Waals surface area contributed by atoms with E-state index in [0.717, 1.165) is 24.3 Å². The quantitative estimate of drug-likeness (QED) is 0.706. The molecular formula is C19H28O4S. The summed E-state index contributed by atoms with van der Waals surface area (Å²) in [7, 11) is -3.82. The molecule has 1 fully saturated rings. The molecule has 0 aliphatic heterocycles. The van der Waals surface area contributed by atoms with Gasteiger partial charge in [-0.3, -0.25) is 4.79 Å². The van der Waals surface area contributed by atoms with Crippen LogP contribution in [0.4, 0.5) is 0 Å². The lowest BCUT2D eigenvalue weighted by Gasteiger charge is -2.21. The number of carbonyl (C=O) groups is 1. The summed E-state index contributed by atoms with van der Waals surface area (Å²) in [5, 5.41) is 8.05. The second-order valence-electron chi connectivity index (χ2n) is 6.97. The molecule has 24 heavy (non-hydrogen) atoms. The molecule has 1 unspecified atom stereocenters. The van der Waals surface area contributed by atoms with Gasteiger partial charge in [-0.2, -0.15) is 0 Å². The first-order valence-electron chi connectivity index (χ1n) is 8.94. The van der Waals surface area contributed by atoms with Crippen LogP contribution in [-0.2, 0) is 14.6 Å². The van der Waals surface area contributed by atoms with E-state index in [9.17, 15) is 18.3 Å². The highest BCUT2D eigenvalue weighted by atomic mass is 32.2. The minimum absolute atomic E-state index is 0.104. The number of carboxylic acids is 1. The number of hydrogen-bond donors (Lipinski definition) is 1. The number of unbranched alkanes of at least 4 members (excludes halogenated alkanes) is 1. The Bertz CT molecular complexity index is 628. The predicted molar refractivity (Wildman–Crippen MR) is 94.8 cm³/mol. The number of rotatable bonds is 8. The van der Waals surface area contributed by atoms with Crippen molar-refractivity contribution in [2.24, 2.45) is 5.92 Å². The van der Waals surface area contributed by atoms with Gasteiger partial charge in [0.2, 0.25) is 0 Å². The first-order valence-corrected chi connectivity index (χ1v) is 10.5. The third-order valence-electron chi connectivity index (χ3n) is 5.05. The van der Waals surface area contributed by atoms with Crippen LogP contribution in [0.3, 0.4) is 0 Å². The third-order valence-corrected chi connectivity index (χ3v) is 7.17. The van der Waals surface area contributed by atoms with Crippen molar-refractivity contribution >= 4 is 15.8 Å². The van der Waals surface area contributed by atoms with E-state index in [1.807, 2.05) is 6.92 Å².